The van der Waals surface area contributed by atoms with Gasteiger partial charge in [-0.1, -0.05) is 11.3 Å². The standard InChI is InChI=1S/C11H15N5O6S2/c1-24(20,21)15-5-2-4(3-17)22-9(5)16-7-6(23-11(16)19)8(18)14-10(12)13-7/h4-5,9,15,17H,2-3H2,1H3,(H3,12,13,14,18)/t4-,5+,9+/m0/s1. The summed E-state index contributed by atoms with van der Waals surface area (Å²) in [6.45, 7) is -0.342. The Morgan fingerprint density at radius 3 is 2.88 bits per heavy atom. The third-order valence-electron chi connectivity index (χ3n) is 3.51. The molecule has 0 radical (unpaired) electrons. The molecule has 13 heteroatoms. The van der Waals surface area contributed by atoms with E-state index in [1.165, 1.54) is 0 Å². The molecule has 1 aliphatic rings. The molecule has 132 valence electrons. The Hall–Kier alpha value is -1.80. The van der Waals surface area contributed by atoms with E-state index >= 15 is 0 Å². The van der Waals surface area contributed by atoms with Crippen LogP contribution in [0.3, 0.4) is 0 Å². The van der Waals surface area contributed by atoms with E-state index in [4.69, 9.17) is 10.5 Å². The molecule has 0 aromatic carbocycles. The van der Waals surface area contributed by atoms with E-state index < -0.39 is 38.8 Å². The van der Waals surface area contributed by atoms with Crippen LogP contribution in [0.15, 0.2) is 9.59 Å². The van der Waals surface area contributed by atoms with Crippen molar-refractivity contribution >= 4 is 37.7 Å². The molecule has 0 unspecified atom stereocenters. The van der Waals surface area contributed by atoms with Crippen LogP contribution in [0.4, 0.5) is 5.95 Å². The number of sulfonamides is 1. The zero-order valence-electron chi connectivity index (χ0n) is 12.4. The number of H-pyrrole nitrogens is 1. The summed E-state index contributed by atoms with van der Waals surface area (Å²) in [4.78, 5) is 29.9. The van der Waals surface area contributed by atoms with Crippen LogP contribution in [0.1, 0.15) is 12.6 Å². The third kappa shape index (κ3) is 3.08. The number of aromatic amines is 1. The number of thiazole rings is 1. The van der Waals surface area contributed by atoms with E-state index in [9.17, 15) is 23.1 Å². The highest BCUT2D eigenvalue weighted by Crippen LogP contribution is 2.30. The summed E-state index contributed by atoms with van der Waals surface area (Å²) in [6.07, 6.45) is -0.565. The monoisotopic (exact) mass is 377 g/mol. The number of fused-ring (bicyclic) bond motifs is 1. The number of ether oxygens (including phenoxy) is 1. The minimum Gasteiger partial charge on any atom is -0.394 e. The maximum atomic E-state index is 12.3. The lowest BCUT2D eigenvalue weighted by molar-refractivity contribution is -0.0257. The van der Waals surface area contributed by atoms with Gasteiger partial charge < -0.3 is 15.6 Å². The highest BCUT2D eigenvalue weighted by molar-refractivity contribution is 7.88. The Bertz CT molecular complexity index is 992. The van der Waals surface area contributed by atoms with Gasteiger partial charge in [0.2, 0.25) is 16.0 Å². The van der Waals surface area contributed by atoms with Crippen molar-refractivity contribution < 1.29 is 18.3 Å². The van der Waals surface area contributed by atoms with Crippen molar-refractivity contribution in [1.29, 1.82) is 0 Å². The van der Waals surface area contributed by atoms with Gasteiger partial charge in [-0.15, -0.1) is 0 Å². The largest absolute Gasteiger partial charge is 0.394 e. The van der Waals surface area contributed by atoms with Crippen molar-refractivity contribution in [1.82, 2.24) is 19.3 Å². The molecule has 3 atom stereocenters. The first-order valence-electron chi connectivity index (χ1n) is 6.84. The lowest BCUT2D eigenvalue weighted by atomic mass is 10.2. The van der Waals surface area contributed by atoms with Gasteiger partial charge in [0, 0.05) is 0 Å². The van der Waals surface area contributed by atoms with E-state index in [1.54, 1.807) is 0 Å². The van der Waals surface area contributed by atoms with Gasteiger partial charge in [0.15, 0.2) is 11.9 Å². The molecule has 1 aliphatic heterocycles. The first-order valence-corrected chi connectivity index (χ1v) is 9.55. The van der Waals surface area contributed by atoms with Crippen LogP contribution in [-0.2, 0) is 14.8 Å². The smallest absolute Gasteiger partial charge is 0.311 e. The van der Waals surface area contributed by atoms with E-state index in [1.807, 2.05) is 0 Å². The predicted molar refractivity (Wildman–Crippen MR) is 86.3 cm³/mol. The summed E-state index contributed by atoms with van der Waals surface area (Å²) in [7, 11) is -3.58. The van der Waals surface area contributed by atoms with Crippen molar-refractivity contribution in [3.63, 3.8) is 0 Å². The predicted octanol–water partition coefficient (Wildman–Crippen LogP) is -2.07. The van der Waals surface area contributed by atoms with Crippen molar-refractivity contribution in [2.75, 3.05) is 18.6 Å². The molecule has 0 spiro atoms. The van der Waals surface area contributed by atoms with Gasteiger partial charge in [-0.25, -0.2) is 13.1 Å². The Kier molecular flexibility index (Phi) is 4.21. The molecule has 2 aromatic rings. The van der Waals surface area contributed by atoms with Crippen molar-refractivity contribution in [2.24, 2.45) is 0 Å². The minimum atomic E-state index is -3.58. The highest BCUT2D eigenvalue weighted by atomic mass is 32.2. The lowest BCUT2D eigenvalue weighted by Crippen LogP contribution is -2.40. The third-order valence-corrected chi connectivity index (χ3v) is 5.18. The average molecular weight is 377 g/mol. The molecule has 1 saturated heterocycles. The number of nitrogen functional groups attached to an aromatic ring is 1. The Morgan fingerprint density at radius 2 is 2.25 bits per heavy atom. The normalized spacial score (nSPS) is 24.7. The molecule has 11 nitrogen and oxygen atoms in total. The average Bonchev–Trinajstić information content (AvgIpc) is 2.97. The summed E-state index contributed by atoms with van der Waals surface area (Å²) < 4.78 is 32.2. The number of nitrogens with one attached hydrogen (secondary N) is 2. The molecule has 24 heavy (non-hydrogen) atoms. The number of nitrogens with zero attached hydrogens (tertiary/aromatic N) is 2. The molecule has 0 saturated carbocycles. The zero-order chi connectivity index (χ0) is 17.6. The first-order chi connectivity index (χ1) is 11.2. The number of aliphatic hydroxyl groups is 1. The van der Waals surface area contributed by atoms with E-state index in [0.29, 0.717) is 11.3 Å². The van der Waals surface area contributed by atoms with Crippen LogP contribution in [-0.4, -0.2) is 53.1 Å². The molecular formula is C11H15N5O6S2. The molecule has 2 aromatic heterocycles. The van der Waals surface area contributed by atoms with Crippen LogP contribution in [0.25, 0.3) is 10.3 Å². The molecule has 0 bridgehead atoms. The number of rotatable bonds is 4. The van der Waals surface area contributed by atoms with Crippen molar-refractivity contribution in [3.8, 4) is 0 Å². The van der Waals surface area contributed by atoms with Crippen molar-refractivity contribution in [3.05, 3.63) is 20.0 Å². The van der Waals surface area contributed by atoms with Gasteiger partial charge in [-0.05, 0) is 6.42 Å². The lowest BCUT2D eigenvalue weighted by Gasteiger charge is -2.19. The fourth-order valence-corrected chi connectivity index (χ4v) is 4.26. The number of hydrogen-bond donors (Lipinski definition) is 4. The topological polar surface area (TPSA) is 169 Å². The van der Waals surface area contributed by atoms with Gasteiger partial charge in [0.25, 0.3) is 5.56 Å². The second-order valence-corrected chi connectivity index (χ2v) is 8.15. The maximum Gasteiger partial charge on any atom is 0.311 e. The minimum absolute atomic E-state index is 0.00939. The van der Waals surface area contributed by atoms with E-state index in [-0.39, 0.29) is 29.3 Å². The van der Waals surface area contributed by atoms with Crippen LogP contribution in [0.5, 0.6) is 0 Å². The molecule has 5 N–H and O–H groups in total. The van der Waals surface area contributed by atoms with E-state index in [2.05, 4.69) is 14.7 Å². The van der Waals surface area contributed by atoms with Crippen LogP contribution in [0, 0.1) is 0 Å². The second-order valence-electron chi connectivity index (χ2n) is 5.41. The molecule has 0 aliphatic carbocycles. The molecule has 3 heterocycles. The first kappa shape index (κ1) is 17.0. The quantitative estimate of drug-likeness (QED) is 0.471. The number of nitrogens with two attached hydrogens (primary N) is 1. The summed E-state index contributed by atoms with van der Waals surface area (Å²) >= 11 is 0.656. The Labute approximate surface area is 139 Å². The number of aliphatic hydroxyl groups excluding tert-OH is 1. The summed E-state index contributed by atoms with van der Waals surface area (Å²) in [5.41, 5.74) is 4.96. The molecular weight excluding hydrogens is 362 g/mol. The molecule has 3 rings (SSSR count). The van der Waals surface area contributed by atoms with Crippen LogP contribution < -0.4 is 20.9 Å². The number of aromatic nitrogens is 3. The maximum absolute atomic E-state index is 12.3. The second kappa shape index (κ2) is 5.93. The van der Waals surface area contributed by atoms with Gasteiger partial charge >= 0.3 is 4.87 Å². The summed E-state index contributed by atoms with van der Waals surface area (Å²) in [5.74, 6) is -0.177. The van der Waals surface area contributed by atoms with Gasteiger partial charge in [-0.2, -0.15) is 4.98 Å². The van der Waals surface area contributed by atoms with Gasteiger partial charge in [-0.3, -0.25) is 19.1 Å². The zero-order valence-corrected chi connectivity index (χ0v) is 14.1. The molecule has 1 fully saturated rings. The SMILES string of the molecule is CS(=O)(=O)N[C@@H]1C[C@@H](CO)O[C@H]1n1c(=O)sc2c(=O)[nH]c(N)nc21. The molecule has 0 amide bonds. The fourth-order valence-electron chi connectivity index (χ4n) is 2.66. The van der Waals surface area contributed by atoms with Gasteiger partial charge in [0.1, 0.15) is 4.70 Å². The Morgan fingerprint density at radius 1 is 1.54 bits per heavy atom. The van der Waals surface area contributed by atoms with Crippen molar-refractivity contribution in [2.45, 2.75) is 24.8 Å². The van der Waals surface area contributed by atoms with Crippen LogP contribution >= 0.6 is 11.3 Å². The van der Waals surface area contributed by atoms with E-state index in [0.717, 1.165) is 10.8 Å². The highest BCUT2D eigenvalue weighted by Gasteiger charge is 2.39. The fraction of sp³-hybridized carbons (Fsp3) is 0.545. The Balaban J connectivity index is 2.15. The number of hydrogen-bond acceptors (Lipinski definition) is 9. The summed E-state index contributed by atoms with van der Waals surface area (Å²) in [5, 5.41) is 9.29. The van der Waals surface area contributed by atoms with Gasteiger partial charge in [0.05, 0.1) is 25.0 Å². The van der Waals surface area contributed by atoms with Crippen LogP contribution in [0.2, 0.25) is 0 Å². The number of anilines is 1. The summed E-state index contributed by atoms with van der Waals surface area (Å²) in [6, 6.07) is -0.796.